The molecule has 172 valence electrons. The molecule has 0 unspecified atom stereocenters. The van der Waals surface area contributed by atoms with E-state index in [1.807, 2.05) is 0 Å². The van der Waals surface area contributed by atoms with Crippen molar-refractivity contribution in [1.29, 1.82) is 0 Å². The van der Waals surface area contributed by atoms with Crippen molar-refractivity contribution in [3.05, 3.63) is 59.6 Å². The first-order valence-corrected chi connectivity index (χ1v) is 14.6. The third-order valence-corrected chi connectivity index (χ3v) is 8.80. The molecule has 0 spiro atoms. The lowest BCUT2D eigenvalue weighted by Crippen LogP contribution is -2.13. The number of amides is 1. The van der Waals surface area contributed by atoms with Crippen LogP contribution in [0.1, 0.15) is 12.1 Å². The number of anilines is 2. The van der Waals surface area contributed by atoms with Gasteiger partial charge in [-0.1, -0.05) is 29.5 Å². The van der Waals surface area contributed by atoms with Gasteiger partial charge in [0, 0.05) is 18.1 Å². The molecule has 0 bridgehead atoms. The zero-order valence-electron chi connectivity index (χ0n) is 17.2. The van der Waals surface area contributed by atoms with Crippen LogP contribution in [0.3, 0.4) is 0 Å². The van der Waals surface area contributed by atoms with Gasteiger partial charge in [-0.3, -0.25) is 9.52 Å². The van der Waals surface area contributed by atoms with Gasteiger partial charge >= 0.3 is 0 Å². The van der Waals surface area contributed by atoms with Crippen molar-refractivity contribution in [3.8, 4) is 0 Å². The Morgan fingerprint density at radius 1 is 0.970 bits per heavy atom. The molecule has 4 aromatic rings. The molecule has 9 nitrogen and oxygen atoms in total. The number of fused-ring (bicyclic) bond motifs is 1. The molecule has 4 rings (SSSR count). The van der Waals surface area contributed by atoms with Gasteiger partial charge in [0.2, 0.25) is 5.91 Å². The molecule has 0 aliphatic rings. The quantitative estimate of drug-likeness (QED) is 0.361. The largest absolute Gasteiger partial charge is 0.302 e. The number of nitrogens with one attached hydrogen (secondary N) is 2. The summed E-state index contributed by atoms with van der Waals surface area (Å²) in [7, 11) is -7.05. The minimum Gasteiger partial charge on any atom is -0.302 e. The van der Waals surface area contributed by atoms with E-state index in [2.05, 4.69) is 20.0 Å². The highest BCUT2D eigenvalue weighted by molar-refractivity contribution is 7.93. The third kappa shape index (κ3) is 5.74. The van der Waals surface area contributed by atoms with Gasteiger partial charge in [0.05, 0.1) is 25.7 Å². The van der Waals surface area contributed by atoms with Crippen molar-refractivity contribution in [3.63, 3.8) is 0 Å². The van der Waals surface area contributed by atoms with Gasteiger partial charge < -0.3 is 5.32 Å². The maximum atomic E-state index is 12.4. The van der Waals surface area contributed by atoms with Gasteiger partial charge in [-0.15, -0.1) is 11.3 Å². The van der Waals surface area contributed by atoms with Crippen LogP contribution in [0.4, 0.5) is 10.3 Å². The molecule has 2 aromatic heterocycles. The van der Waals surface area contributed by atoms with E-state index in [9.17, 15) is 21.6 Å². The maximum Gasteiger partial charge on any atom is 0.263 e. The number of hydrogen-bond donors (Lipinski definition) is 2. The van der Waals surface area contributed by atoms with Crippen LogP contribution < -0.4 is 10.0 Å². The lowest BCUT2D eigenvalue weighted by Gasteiger charge is -2.04. The highest BCUT2D eigenvalue weighted by atomic mass is 32.2. The summed E-state index contributed by atoms with van der Waals surface area (Å²) in [6, 6.07) is 12.6. The van der Waals surface area contributed by atoms with Gasteiger partial charge in [-0.2, -0.15) is 0 Å². The Bertz CT molecular complexity index is 1530. The minimum atomic E-state index is -3.72. The van der Waals surface area contributed by atoms with Crippen LogP contribution in [0.25, 0.3) is 10.2 Å². The number of thiazole rings is 2. The van der Waals surface area contributed by atoms with Crippen molar-refractivity contribution in [2.75, 3.05) is 16.3 Å². The number of hydrogen-bond acceptors (Lipinski definition) is 9. The van der Waals surface area contributed by atoms with Crippen molar-refractivity contribution < 1.29 is 21.6 Å². The minimum absolute atomic E-state index is 0.124. The SMILES string of the molecule is CS(=O)(=O)c1ccc2nc(NC(=O)CCc3csc(NS(=O)(=O)c4ccccc4)n3)sc2c1. The van der Waals surface area contributed by atoms with Crippen LogP contribution in [-0.4, -0.2) is 39.0 Å². The smallest absolute Gasteiger partial charge is 0.263 e. The number of rotatable bonds is 8. The highest BCUT2D eigenvalue weighted by Gasteiger charge is 2.16. The molecular weight excluding hydrogens is 505 g/mol. The second-order valence-corrected chi connectivity index (χ2v) is 12.6. The van der Waals surface area contributed by atoms with E-state index < -0.39 is 19.9 Å². The summed E-state index contributed by atoms with van der Waals surface area (Å²) in [6.45, 7) is 0. The Morgan fingerprint density at radius 3 is 2.45 bits per heavy atom. The number of carbonyl (C=O) groups is 1. The summed E-state index contributed by atoms with van der Waals surface area (Å²) < 4.78 is 51.3. The van der Waals surface area contributed by atoms with E-state index >= 15 is 0 Å². The number of carbonyl (C=O) groups excluding carboxylic acids is 1. The molecule has 2 heterocycles. The fraction of sp³-hybridized carbons (Fsp3) is 0.150. The summed E-state index contributed by atoms with van der Waals surface area (Å²) in [6.07, 6.45) is 1.58. The number of sulfonamides is 1. The average molecular weight is 523 g/mol. The van der Waals surface area contributed by atoms with Gasteiger partial charge in [0.25, 0.3) is 10.0 Å². The van der Waals surface area contributed by atoms with Crippen LogP contribution >= 0.6 is 22.7 Å². The first-order valence-electron chi connectivity index (χ1n) is 9.53. The van der Waals surface area contributed by atoms with Gasteiger partial charge in [-0.25, -0.2) is 26.8 Å². The van der Waals surface area contributed by atoms with Crippen molar-refractivity contribution in [2.24, 2.45) is 0 Å². The summed E-state index contributed by atoms with van der Waals surface area (Å²) in [4.78, 5) is 21.2. The Labute approximate surface area is 198 Å². The topological polar surface area (TPSA) is 135 Å². The normalized spacial score (nSPS) is 12.0. The maximum absolute atomic E-state index is 12.4. The molecule has 2 N–H and O–H groups in total. The molecule has 2 aromatic carbocycles. The average Bonchev–Trinajstić information content (AvgIpc) is 3.37. The Hall–Kier alpha value is -2.87. The molecule has 0 saturated heterocycles. The second kappa shape index (κ2) is 9.17. The van der Waals surface area contributed by atoms with Crippen LogP contribution in [0.5, 0.6) is 0 Å². The molecule has 0 radical (unpaired) electrons. The molecule has 0 atom stereocenters. The number of nitrogens with zero attached hydrogens (tertiary/aromatic N) is 2. The molecule has 0 aliphatic heterocycles. The van der Waals surface area contributed by atoms with Gasteiger partial charge in [0.15, 0.2) is 20.1 Å². The Balaban J connectivity index is 1.35. The van der Waals surface area contributed by atoms with Gasteiger partial charge in [-0.05, 0) is 36.8 Å². The lowest BCUT2D eigenvalue weighted by molar-refractivity contribution is -0.116. The van der Waals surface area contributed by atoms with E-state index in [-0.39, 0.29) is 27.3 Å². The number of aromatic nitrogens is 2. The van der Waals surface area contributed by atoms with Crippen molar-refractivity contribution in [2.45, 2.75) is 22.6 Å². The summed E-state index contributed by atoms with van der Waals surface area (Å²) >= 11 is 2.33. The third-order valence-electron chi connectivity index (χ3n) is 4.47. The molecule has 13 heteroatoms. The second-order valence-electron chi connectivity index (χ2n) is 7.03. The van der Waals surface area contributed by atoms with E-state index in [1.165, 1.54) is 35.6 Å². The van der Waals surface area contributed by atoms with Crippen molar-refractivity contribution in [1.82, 2.24) is 9.97 Å². The van der Waals surface area contributed by atoms with E-state index in [0.717, 1.165) is 17.6 Å². The van der Waals surface area contributed by atoms with Crippen LogP contribution in [0.2, 0.25) is 0 Å². The van der Waals surface area contributed by atoms with Crippen molar-refractivity contribution >= 4 is 68.9 Å². The fourth-order valence-electron chi connectivity index (χ4n) is 2.85. The fourth-order valence-corrected chi connectivity index (χ4v) is 6.52. The highest BCUT2D eigenvalue weighted by Crippen LogP contribution is 2.28. The van der Waals surface area contributed by atoms with E-state index in [0.29, 0.717) is 27.5 Å². The zero-order valence-corrected chi connectivity index (χ0v) is 20.4. The van der Waals surface area contributed by atoms with Crippen LogP contribution in [0, 0.1) is 0 Å². The standard InChI is InChI=1S/C20H18N4O5S4/c1-32(26,27)15-8-9-16-17(11-15)31-19(22-16)23-18(25)10-7-13-12-30-20(21-13)24-33(28,29)14-5-3-2-4-6-14/h2-6,8-9,11-12H,7,10H2,1H3,(H,21,24)(H,22,23,25). The molecule has 1 amide bonds. The van der Waals surface area contributed by atoms with Crippen LogP contribution in [-0.2, 0) is 31.1 Å². The van der Waals surface area contributed by atoms with E-state index in [1.54, 1.807) is 29.6 Å². The molecular formula is C20H18N4O5S4. The predicted octanol–water partition coefficient (Wildman–Crippen LogP) is 3.53. The monoisotopic (exact) mass is 522 g/mol. The first kappa shape index (κ1) is 23.3. The summed E-state index contributed by atoms with van der Waals surface area (Å²) in [5, 5.41) is 5.00. The predicted molar refractivity (Wildman–Crippen MR) is 129 cm³/mol. The summed E-state index contributed by atoms with van der Waals surface area (Å²) in [5.41, 5.74) is 1.18. The molecule has 0 aliphatic carbocycles. The lowest BCUT2D eigenvalue weighted by atomic mass is 10.2. The summed E-state index contributed by atoms with van der Waals surface area (Å²) in [5.74, 6) is -0.281. The van der Waals surface area contributed by atoms with E-state index in [4.69, 9.17) is 0 Å². The zero-order chi connectivity index (χ0) is 23.6. The Morgan fingerprint density at radius 2 is 1.73 bits per heavy atom. The first-order chi connectivity index (χ1) is 15.6. The van der Waals surface area contributed by atoms with Crippen LogP contribution in [0.15, 0.2) is 63.7 Å². The number of benzene rings is 2. The van der Waals surface area contributed by atoms with Gasteiger partial charge in [0.1, 0.15) is 0 Å². The molecule has 0 saturated carbocycles. The Kier molecular flexibility index (Phi) is 6.47. The molecule has 33 heavy (non-hydrogen) atoms. The number of sulfone groups is 1. The number of aryl methyl sites for hydroxylation is 1. The molecule has 0 fully saturated rings.